The lowest BCUT2D eigenvalue weighted by Crippen LogP contribution is -2.43. The van der Waals surface area contributed by atoms with Crippen LogP contribution in [-0.2, 0) is 4.79 Å². The van der Waals surface area contributed by atoms with Gasteiger partial charge in [0.25, 0.3) is 5.91 Å². The molecular weight excluding hydrogens is 411 g/mol. The number of likely N-dealkylation sites (tertiary alicyclic amines) is 1. The lowest BCUT2D eigenvalue weighted by molar-refractivity contribution is -0.123. The second kappa shape index (κ2) is 9.24. The number of carbonyl (C=O) groups excluding carboxylic acids is 1. The lowest BCUT2D eigenvalue weighted by Gasteiger charge is -2.32. The van der Waals surface area contributed by atoms with Gasteiger partial charge in [-0.25, -0.2) is 0 Å². The first-order valence-electron chi connectivity index (χ1n) is 9.91. The summed E-state index contributed by atoms with van der Waals surface area (Å²) < 4.78 is 11.6. The van der Waals surface area contributed by atoms with E-state index in [1.165, 1.54) is 0 Å². The minimum Gasteiger partial charge on any atom is -0.490 e. The third kappa shape index (κ3) is 5.78. The standard InChI is InChI=1S/C22H24Cl2N2O3/c23-15-1-5-17(6-2-15)28-14-22(27)25-20-13-21(20)26-11-9-19(10-12-26)29-18-7-3-16(24)4-8-18/h1-8,19-21H,9-14H2,(H,25,27). The lowest BCUT2D eigenvalue weighted by atomic mass is 10.1. The molecular formula is C22H24Cl2N2O3. The summed E-state index contributed by atoms with van der Waals surface area (Å²) in [7, 11) is 0. The van der Waals surface area contributed by atoms with Crippen molar-refractivity contribution >= 4 is 29.1 Å². The molecule has 1 N–H and O–H groups in total. The molecule has 0 radical (unpaired) electrons. The Labute approximate surface area is 180 Å². The summed E-state index contributed by atoms with van der Waals surface area (Å²) in [5.41, 5.74) is 0. The quantitative estimate of drug-likeness (QED) is 0.710. The van der Waals surface area contributed by atoms with E-state index in [0.717, 1.165) is 38.1 Å². The highest BCUT2D eigenvalue weighted by atomic mass is 35.5. The zero-order valence-electron chi connectivity index (χ0n) is 16.0. The number of rotatable bonds is 7. The van der Waals surface area contributed by atoms with Gasteiger partial charge in [0.15, 0.2) is 6.61 Å². The molecule has 0 aromatic heterocycles. The first-order chi connectivity index (χ1) is 14.1. The Balaban J connectivity index is 1.15. The number of hydrogen-bond acceptors (Lipinski definition) is 4. The number of nitrogens with zero attached hydrogens (tertiary/aromatic N) is 1. The van der Waals surface area contributed by atoms with Crippen LogP contribution in [0.4, 0.5) is 0 Å². The fraction of sp³-hybridized carbons (Fsp3) is 0.409. The van der Waals surface area contributed by atoms with Crippen molar-refractivity contribution in [2.24, 2.45) is 0 Å². The molecule has 0 spiro atoms. The fourth-order valence-corrected chi connectivity index (χ4v) is 3.95. The Morgan fingerprint density at radius 2 is 1.55 bits per heavy atom. The number of piperidine rings is 1. The molecule has 1 aliphatic carbocycles. The van der Waals surface area contributed by atoms with Gasteiger partial charge in [0.2, 0.25) is 0 Å². The molecule has 4 rings (SSSR count). The van der Waals surface area contributed by atoms with Gasteiger partial charge in [-0.3, -0.25) is 9.69 Å². The molecule has 2 fully saturated rings. The topological polar surface area (TPSA) is 50.8 Å². The van der Waals surface area contributed by atoms with Gasteiger partial charge < -0.3 is 14.8 Å². The largest absolute Gasteiger partial charge is 0.490 e. The molecule has 2 unspecified atom stereocenters. The molecule has 5 nitrogen and oxygen atoms in total. The van der Waals surface area contributed by atoms with E-state index in [-0.39, 0.29) is 24.7 Å². The minimum atomic E-state index is -0.0894. The monoisotopic (exact) mass is 434 g/mol. The predicted octanol–water partition coefficient (Wildman–Crippen LogP) is 4.17. The minimum absolute atomic E-state index is 0.0157. The number of ether oxygens (including phenoxy) is 2. The third-order valence-corrected chi connectivity index (χ3v) is 5.85. The second-order valence-electron chi connectivity index (χ2n) is 7.53. The van der Waals surface area contributed by atoms with Crippen LogP contribution in [0.1, 0.15) is 19.3 Å². The van der Waals surface area contributed by atoms with Gasteiger partial charge in [0, 0.05) is 35.2 Å². The molecule has 1 saturated heterocycles. The molecule has 29 heavy (non-hydrogen) atoms. The van der Waals surface area contributed by atoms with E-state index >= 15 is 0 Å². The molecule has 1 heterocycles. The second-order valence-corrected chi connectivity index (χ2v) is 8.40. The average molecular weight is 435 g/mol. The maximum atomic E-state index is 12.1. The van der Waals surface area contributed by atoms with Crippen molar-refractivity contribution in [2.45, 2.75) is 37.5 Å². The maximum absolute atomic E-state index is 12.1. The van der Waals surface area contributed by atoms with Gasteiger partial charge in [0.05, 0.1) is 0 Å². The SMILES string of the molecule is O=C(COc1ccc(Cl)cc1)NC1CC1N1CCC(Oc2ccc(Cl)cc2)CC1. The summed E-state index contributed by atoms with van der Waals surface area (Å²) in [4.78, 5) is 14.6. The molecule has 1 aliphatic heterocycles. The van der Waals surface area contributed by atoms with Crippen molar-refractivity contribution in [3.05, 3.63) is 58.6 Å². The van der Waals surface area contributed by atoms with Gasteiger partial charge in [-0.1, -0.05) is 23.2 Å². The molecule has 1 amide bonds. The fourth-order valence-electron chi connectivity index (χ4n) is 3.70. The van der Waals surface area contributed by atoms with Crippen LogP contribution in [0.2, 0.25) is 10.0 Å². The normalized spacial score (nSPS) is 22.1. The average Bonchev–Trinajstić information content (AvgIpc) is 3.49. The van der Waals surface area contributed by atoms with E-state index in [1.807, 2.05) is 24.3 Å². The Morgan fingerprint density at radius 1 is 0.966 bits per heavy atom. The van der Waals surface area contributed by atoms with Crippen LogP contribution in [0.15, 0.2) is 48.5 Å². The van der Waals surface area contributed by atoms with Crippen molar-refractivity contribution in [1.29, 1.82) is 0 Å². The highest BCUT2D eigenvalue weighted by Crippen LogP contribution is 2.31. The number of carbonyl (C=O) groups is 1. The Kier molecular flexibility index (Phi) is 6.48. The first kappa shape index (κ1) is 20.3. The number of hydrogen-bond donors (Lipinski definition) is 1. The highest BCUT2D eigenvalue weighted by molar-refractivity contribution is 6.30. The van der Waals surface area contributed by atoms with E-state index in [2.05, 4.69) is 10.2 Å². The zero-order valence-corrected chi connectivity index (χ0v) is 17.5. The van der Waals surface area contributed by atoms with E-state index in [1.54, 1.807) is 24.3 Å². The third-order valence-electron chi connectivity index (χ3n) is 5.35. The van der Waals surface area contributed by atoms with Crippen LogP contribution in [0.3, 0.4) is 0 Å². The Hall–Kier alpha value is -1.95. The molecule has 154 valence electrons. The van der Waals surface area contributed by atoms with Crippen molar-refractivity contribution in [3.8, 4) is 11.5 Å². The number of benzene rings is 2. The summed E-state index contributed by atoms with van der Waals surface area (Å²) in [6, 6.07) is 15.1. The van der Waals surface area contributed by atoms with Crippen molar-refractivity contribution in [1.82, 2.24) is 10.2 Å². The molecule has 2 atom stereocenters. The van der Waals surface area contributed by atoms with Gasteiger partial charge >= 0.3 is 0 Å². The summed E-state index contributed by atoms with van der Waals surface area (Å²) in [6.45, 7) is 1.98. The first-order valence-corrected chi connectivity index (χ1v) is 10.7. The van der Waals surface area contributed by atoms with Crippen LogP contribution in [0.25, 0.3) is 0 Å². The smallest absolute Gasteiger partial charge is 0.258 e. The Morgan fingerprint density at radius 3 is 2.17 bits per heavy atom. The van der Waals surface area contributed by atoms with Crippen LogP contribution >= 0.6 is 23.2 Å². The van der Waals surface area contributed by atoms with Crippen molar-refractivity contribution in [2.75, 3.05) is 19.7 Å². The van der Waals surface area contributed by atoms with Crippen molar-refractivity contribution in [3.63, 3.8) is 0 Å². The predicted molar refractivity (Wildman–Crippen MR) is 114 cm³/mol. The summed E-state index contributed by atoms with van der Waals surface area (Å²) in [5, 5.41) is 4.42. The Bertz CT molecular complexity index is 821. The number of halogens is 2. The van der Waals surface area contributed by atoms with Crippen LogP contribution < -0.4 is 14.8 Å². The summed E-state index contributed by atoms with van der Waals surface area (Å²) >= 11 is 11.8. The summed E-state index contributed by atoms with van der Waals surface area (Å²) in [6.07, 6.45) is 3.20. The maximum Gasteiger partial charge on any atom is 0.258 e. The number of nitrogens with one attached hydrogen (secondary N) is 1. The number of amides is 1. The van der Waals surface area contributed by atoms with Crippen LogP contribution in [-0.4, -0.2) is 48.7 Å². The molecule has 7 heteroatoms. The highest BCUT2D eigenvalue weighted by Gasteiger charge is 2.43. The van der Waals surface area contributed by atoms with Gasteiger partial charge in [-0.15, -0.1) is 0 Å². The molecule has 2 aliphatic rings. The van der Waals surface area contributed by atoms with E-state index in [9.17, 15) is 4.79 Å². The van der Waals surface area contributed by atoms with Crippen molar-refractivity contribution < 1.29 is 14.3 Å². The molecule has 0 bridgehead atoms. The van der Waals surface area contributed by atoms with Crippen LogP contribution in [0, 0.1) is 0 Å². The molecule has 2 aromatic rings. The molecule has 1 saturated carbocycles. The van der Waals surface area contributed by atoms with E-state index in [4.69, 9.17) is 32.7 Å². The zero-order chi connectivity index (χ0) is 20.2. The van der Waals surface area contributed by atoms with Gasteiger partial charge in [-0.05, 0) is 67.8 Å². The molecule has 2 aromatic carbocycles. The summed E-state index contributed by atoms with van der Waals surface area (Å²) in [5.74, 6) is 1.41. The van der Waals surface area contributed by atoms with Gasteiger partial charge in [0.1, 0.15) is 17.6 Å². The van der Waals surface area contributed by atoms with Crippen LogP contribution in [0.5, 0.6) is 11.5 Å². The van der Waals surface area contributed by atoms with Gasteiger partial charge in [-0.2, -0.15) is 0 Å². The van der Waals surface area contributed by atoms with E-state index in [0.29, 0.717) is 21.8 Å². The van der Waals surface area contributed by atoms with E-state index < -0.39 is 0 Å².